The lowest BCUT2D eigenvalue weighted by Crippen LogP contribution is -2.33. The van der Waals surface area contributed by atoms with Crippen LogP contribution in [0, 0.1) is 13.8 Å². The van der Waals surface area contributed by atoms with Crippen molar-refractivity contribution in [2.75, 3.05) is 23.7 Å². The molecule has 150 valence electrons. The van der Waals surface area contributed by atoms with Gasteiger partial charge in [0.05, 0.1) is 18.3 Å². The zero-order valence-corrected chi connectivity index (χ0v) is 17.4. The number of nitrogens with one attached hydrogen (secondary N) is 2. The molecule has 0 bridgehead atoms. The molecular weight excluding hydrogens is 384 g/mol. The van der Waals surface area contributed by atoms with Crippen molar-refractivity contribution in [2.24, 2.45) is 0 Å². The van der Waals surface area contributed by atoms with Crippen LogP contribution >= 0.6 is 11.3 Å². The summed E-state index contributed by atoms with van der Waals surface area (Å²) in [4.78, 5) is 29.2. The first-order valence-electron chi connectivity index (χ1n) is 9.71. The van der Waals surface area contributed by atoms with Gasteiger partial charge in [-0.1, -0.05) is 12.1 Å². The number of hydrogen-bond donors (Lipinski definition) is 2. The van der Waals surface area contributed by atoms with Crippen LogP contribution in [0.2, 0.25) is 0 Å². The third kappa shape index (κ3) is 4.96. The maximum absolute atomic E-state index is 12.5. The average molecular weight is 409 g/mol. The highest BCUT2D eigenvalue weighted by Gasteiger charge is 2.29. The molecule has 2 N–H and O–H groups in total. The zero-order valence-electron chi connectivity index (χ0n) is 16.6. The summed E-state index contributed by atoms with van der Waals surface area (Å²) in [6.45, 7) is 5.15. The van der Waals surface area contributed by atoms with Crippen LogP contribution in [0.5, 0.6) is 0 Å². The van der Waals surface area contributed by atoms with Crippen molar-refractivity contribution in [3.05, 3.63) is 58.9 Å². The molecule has 1 atom stereocenters. The van der Waals surface area contributed by atoms with Crippen LogP contribution < -0.4 is 10.6 Å². The van der Waals surface area contributed by atoms with Gasteiger partial charge < -0.3 is 10.6 Å². The van der Waals surface area contributed by atoms with E-state index in [9.17, 15) is 4.79 Å². The predicted molar refractivity (Wildman–Crippen MR) is 116 cm³/mol. The van der Waals surface area contributed by atoms with Crippen molar-refractivity contribution in [2.45, 2.75) is 32.7 Å². The summed E-state index contributed by atoms with van der Waals surface area (Å²) in [5.74, 6) is 1.50. The number of carbonyl (C=O) groups excluding carboxylic acids is 1. The predicted octanol–water partition coefficient (Wildman–Crippen LogP) is 4.07. The number of aryl methyl sites for hydroxylation is 2. The van der Waals surface area contributed by atoms with Gasteiger partial charge in [0.1, 0.15) is 11.6 Å². The minimum atomic E-state index is -0.0375. The Kier molecular flexibility index (Phi) is 5.82. The van der Waals surface area contributed by atoms with E-state index in [0.717, 1.165) is 47.3 Å². The number of thiazole rings is 1. The largest absolute Gasteiger partial charge is 0.325 e. The lowest BCUT2D eigenvalue weighted by molar-refractivity contribution is -0.117. The second kappa shape index (κ2) is 8.67. The fourth-order valence-corrected chi connectivity index (χ4v) is 4.24. The fourth-order valence-electron chi connectivity index (χ4n) is 3.56. The van der Waals surface area contributed by atoms with E-state index in [0.29, 0.717) is 11.7 Å². The van der Waals surface area contributed by atoms with E-state index in [1.165, 1.54) is 11.3 Å². The number of nitrogens with zero attached hydrogens (tertiary/aromatic N) is 4. The van der Waals surface area contributed by atoms with Crippen molar-refractivity contribution in [3.63, 3.8) is 0 Å². The Morgan fingerprint density at radius 1 is 1.17 bits per heavy atom. The molecule has 1 aliphatic heterocycles. The first-order valence-corrected chi connectivity index (χ1v) is 10.5. The molecule has 3 aromatic heterocycles. The highest BCUT2D eigenvalue weighted by atomic mass is 32.1. The van der Waals surface area contributed by atoms with E-state index in [2.05, 4.69) is 25.5 Å². The van der Waals surface area contributed by atoms with Gasteiger partial charge in [-0.15, -0.1) is 11.3 Å². The number of pyridine rings is 2. The molecule has 0 saturated carbocycles. The molecule has 1 saturated heterocycles. The molecule has 0 spiro atoms. The van der Waals surface area contributed by atoms with Gasteiger partial charge in [0, 0.05) is 16.8 Å². The third-order valence-electron chi connectivity index (χ3n) is 4.83. The minimum Gasteiger partial charge on any atom is -0.325 e. The first kappa shape index (κ1) is 19.5. The second-order valence-corrected chi connectivity index (χ2v) is 8.42. The van der Waals surface area contributed by atoms with Crippen LogP contribution in [0.25, 0.3) is 0 Å². The monoisotopic (exact) mass is 408 g/mol. The minimum absolute atomic E-state index is 0.0375. The highest BCUT2D eigenvalue weighted by Crippen LogP contribution is 2.31. The van der Waals surface area contributed by atoms with Crippen molar-refractivity contribution in [3.8, 4) is 0 Å². The molecule has 4 heterocycles. The number of aromatic nitrogens is 3. The van der Waals surface area contributed by atoms with Crippen LogP contribution in [0.4, 0.5) is 16.8 Å². The number of hydrogen-bond acceptors (Lipinski definition) is 7. The third-order valence-corrected chi connectivity index (χ3v) is 5.66. The molecule has 3 aromatic rings. The van der Waals surface area contributed by atoms with E-state index in [1.54, 1.807) is 6.20 Å². The smallest absolute Gasteiger partial charge is 0.240 e. The summed E-state index contributed by atoms with van der Waals surface area (Å²) in [5, 5.41) is 6.82. The standard InChI is InChI=1S/C21H24N6OS/c1-14-6-3-9-18(23-14)25-19-10-4-7-16(24-19)17-8-5-11-27(17)13-20(28)26-21-22-12-15(2)29-21/h3-4,6-7,9-10,12,17H,5,8,11,13H2,1-2H3,(H,22,26,28)(H,23,24,25). The molecule has 0 radical (unpaired) electrons. The van der Waals surface area contributed by atoms with Crippen LogP contribution in [0.15, 0.2) is 42.6 Å². The normalized spacial score (nSPS) is 16.7. The Balaban J connectivity index is 1.43. The Morgan fingerprint density at radius 3 is 2.72 bits per heavy atom. The average Bonchev–Trinajstić information content (AvgIpc) is 3.31. The van der Waals surface area contributed by atoms with Crippen LogP contribution in [-0.2, 0) is 4.79 Å². The molecule has 1 amide bonds. The summed E-state index contributed by atoms with van der Waals surface area (Å²) in [6.07, 6.45) is 3.81. The molecule has 0 aromatic carbocycles. The number of carbonyl (C=O) groups is 1. The van der Waals surface area contributed by atoms with Gasteiger partial charge in [0.25, 0.3) is 0 Å². The number of anilines is 3. The van der Waals surface area contributed by atoms with E-state index < -0.39 is 0 Å². The van der Waals surface area contributed by atoms with E-state index in [1.807, 2.05) is 50.2 Å². The van der Waals surface area contributed by atoms with Gasteiger partial charge in [0.15, 0.2) is 5.13 Å². The Bertz CT molecular complexity index is 1000. The Hall–Kier alpha value is -2.84. The van der Waals surface area contributed by atoms with E-state index in [4.69, 9.17) is 4.98 Å². The van der Waals surface area contributed by atoms with Gasteiger partial charge >= 0.3 is 0 Å². The summed E-state index contributed by atoms with van der Waals surface area (Å²) in [6, 6.07) is 11.9. The van der Waals surface area contributed by atoms with Crippen LogP contribution in [0.1, 0.15) is 35.1 Å². The molecule has 8 heteroatoms. The fraction of sp³-hybridized carbons (Fsp3) is 0.333. The highest BCUT2D eigenvalue weighted by molar-refractivity contribution is 7.15. The van der Waals surface area contributed by atoms with E-state index in [-0.39, 0.29) is 11.9 Å². The quantitative estimate of drug-likeness (QED) is 0.640. The van der Waals surface area contributed by atoms with Gasteiger partial charge in [-0.2, -0.15) is 0 Å². The van der Waals surface area contributed by atoms with Gasteiger partial charge in [0.2, 0.25) is 5.91 Å². The molecular formula is C21H24N6OS. The van der Waals surface area contributed by atoms with Gasteiger partial charge in [-0.25, -0.2) is 15.0 Å². The maximum atomic E-state index is 12.5. The zero-order chi connectivity index (χ0) is 20.2. The van der Waals surface area contributed by atoms with Crippen molar-refractivity contribution in [1.29, 1.82) is 0 Å². The maximum Gasteiger partial charge on any atom is 0.240 e. The molecule has 29 heavy (non-hydrogen) atoms. The molecule has 0 aliphatic carbocycles. The molecule has 1 aliphatic rings. The first-order chi connectivity index (χ1) is 14.1. The summed E-state index contributed by atoms with van der Waals surface area (Å²) < 4.78 is 0. The molecule has 4 rings (SSSR count). The topological polar surface area (TPSA) is 83.0 Å². The molecule has 7 nitrogen and oxygen atoms in total. The summed E-state index contributed by atoms with van der Waals surface area (Å²) >= 11 is 1.49. The lowest BCUT2D eigenvalue weighted by Gasteiger charge is -2.23. The number of likely N-dealkylation sites (tertiary alicyclic amines) is 1. The van der Waals surface area contributed by atoms with Gasteiger partial charge in [-0.05, 0) is 57.5 Å². The number of rotatable bonds is 6. The van der Waals surface area contributed by atoms with Crippen molar-refractivity contribution >= 4 is 34.0 Å². The van der Waals surface area contributed by atoms with E-state index >= 15 is 0 Å². The summed E-state index contributed by atoms with van der Waals surface area (Å²) in [5.41, 5.74) is 1.92. The molecule has 1 unspecified atom stereocenters. The molecule has 1 fully saturated rings. The van der Waals surface area contributed by atoms with Crippen LogP contribution in [0.3, 0.4) is 0 Å². The summed E-state index contributed by atoms with van der Waals surface area (Å²) in [7, 11) is 0. The van der Waals surface area contributed by atoms with Crippen molar-refractivity contribution < 1.29 is 4.79 Å². The SMILES string of the molecule is Cc1cccc(Nc2cccc(C3CCCN3CC(=O)Nc3ncc(C)s3)n2)n1. The number of amides is 1. The Labute approximate surface area is 174 Å². The van der Waals surface area contributed by atoms with Crippen LogP contribution in [-0.4, -0.2) is 38.8 Å². The second-order valence-electron chi connectivity index (χ2n) is 7.19. The Morgan fingerprint density at radius 2 is 1.97 bits per heavy atom. The van der Waals surface area contributed by atoms with Gasteiger partial charge in [-0.3, -0.25) is 9.69 Å². The lowest BCUT2D eigenvalue weighted by atomic mass is 10.1. The van der Waals surface area contributed by atoms with Crippen molar-refractivity contribution in [1.82, 2.24) is 19.9 Å².